The molecule has 1 saturated heterocycles. The topological polar surface area (TPSA) is 36.4 Å². The second-order valence-corrected chi connectivity index (χ2v) is 5.07. The Labute approximate surface area is 97.1 Å². The molecule has 1 aromatic rings. The van der Waals surface area contributed by atoms with Crippen molar-refractivity contribution in [3.63, 3.8) is 0 Å². The third-order valence-corrected chi connectivity index (χ3v) is 3.68. The molecule has 0 radical (unpaired) electrons. The molecule has 0 saturated carbocycles. The van der Waals surface area contributed by atoms with Crippen LogP contribution in [0.15, 0.2) is 18.5 Å². The van der Waals surface area contributed by atoms with Crippen LogP contribution in [0, 0.1) is 6.92 Å². The maximum Gasteiger partial charge on any atom is 0.0938 e. The highest BCUT2D eigenvalue weighted by molar-refractivity contribution is 5.24. The van der Waals surface area contributed by atoms with Crippen molar-refractivity contribution in [2.24, 2.45) is 0 Å². The minimum absolute atomic E-state index is 0.416. The van der Waals surface area contributed by atoms with Gasteiger partial charge in [-0.05, 0) is 39.3 Å². The van der Waals surface area contributed by atoms with Gasteiger partial charge in [-0.15, -0.1) is 0 Å². The minimum atomic E-state index is -0.690. The molecule has 1 fully saturated rings. The highest BCUT2D eigenvalue weighted by Crippen LogP contribution is 2.34. The number of hydrogen-bond donors (Lipinski definition) is 1. The molecule has 3 heteroatoms. The molecule has 0 aliphatic carbocycles. The number of rotatable bonds is 1. The summed E-state index contributed by atoms with van der Waals surface area (Å²) in [5.74, 6) is 0. The minimum Gasteiger partial charge on any atom is -0.385 e. The molecule has 0 aromatic carbocycles. The van der Waals surface area contributed by atoms with Crippen LogP contribution in [0.3, 0.4) is 0 Å². The van der Waals surface area contributed by atoms with Gasteiger partial charge in [0, 0.05) is 30.5 Å². The second-order valence-electron chi connectivity index (χ2n) is 5.07. The van der Waals surface area contributed by atoms with E-state index in [4.69, 9.17) is 0 Å². The Hall–Kier alpha value is -0.930. The summed E-state index contributed by atoms with van der Waals surface area (Å²) in [6.45, 7) is 5.11. The zero-order chi connectivity index (χ0) is 11.8. The largest absolute Gasteiger partial charge is 0.385 e. The molecule has 88 valence electrons. The Kier molecular flexibility index (Phi) is 3.00. The quantitative estimate of drug-likeness (QED) is 0.782. The number of piperidine rings is 1. The lowest BCUT2D eigenvalue weighted by atomic mass is 9.82. The van der Waals surface area contributed by atoms with Crippen LogP contribution >= 0.6 is 0 Å². The lowest BCUT2D eigenvalue weighted by Crippen LogP contribution is -2.45. The molecule has 1 aliphatic heterocycles. The predicted octanol–water partition coefficient (Wildman–Crippen LogP) is 1.69. The van der Waals surface area contributed by atoms with E-state index >= 15 is 0 Å². The van der Waals surface area contributed by atoms with Gasteiger partial charge in [-0.1, -0.05) is 6.07 Å². The number of hydrogen-bond acceptors (Lipinski definition) is 3. The summed E-state index contributed by atoms with van der Waals surface area (Å²) in [7, 11) is 2.11. The average molecular weight is 220 g/mol. The monoisotopic (exact) mass is 220 g/mol. The van der Waals surface area contributed by atoms with Crippen molar-refractivity contribution in [2.45, 2.75) is 38.3 Å². The molecule has 1 aliphatic rings. The molecule has 2 unspecified atom stereocenters. The molecular weight excluding hydrogens is 200 g/mol. The third-order valence-electron chi connectivity index (χ3n) is 3.68. The smallest absolute Gasteiger partial charge is 0.0938 e. The van der Waals surface area contributed by atoms with E-state index in [0.717, 1.165) is 30.5 Å². The van der Waals surface area contributed by atoms with Crippen LogP contribution in [-0.4, -0.2) is 34.6 Å². The highest BCUT2D eigenvalue weighted by atomic mass is 16.3. The fourth-order valence-electron chi connectivity index (χ4n) is 2.40. The van der Waals surface area contributed by atoms with Gasteiger partial charge in [-0.3, -0.25) is 4.98 Å². The van der Waals surface area contributed by atoms with E-state index in [0.29, 0.717) is 6.04 Å². The summed E-state index contributed by atoms with van der Waals surface area (Å²) in [6, 6.07) is 2.46. The number of likely N-dealkylation sites (tertiary alicyclic amines) is 1. The number of pyridine rings is 1. The lowest BCUT2D eigenvalue weighted by molar-refractivity contribution is -0.0411. The Morgan fingerprint density at radius 1 is 1.50 bits per heavy atom. The van der Waals surface area contributed by atoms with Gasteiger partial charge in [-0.2, -0.15) is 0 Å². The molecule has 2 atom stereocenters. The first kappa shape index (κ1) is 11.6. The van der Waals surface area contributed by atoms with Crippen molar-refractivity contribution in [3.05, 3.63) is 29.6 Å². The van der Waals surface area contributed by atoms with Gasteiger partial charge >= 0.3 is 0 Å². The van der Waals surface area contributed by atoms with Crippen LogP contribution in [0.2, 0.25) is 0 Å². The first-order valence-electron chi connectivity index (χ1n) is 5.86. The fraction of sp³-hybridized carbons (Fsp3) is 0.615. The van der Waals surface area contributed by atoms with E-state index in [9.17, 15) is 5.11 Å². The SMILES string of the molecule is Cc1cncc(C2(O)CCN(C)C(C)C2)c1. The second kappa shape index (κ2) is 4.15. The van der Waals surface area contributed by atoms with Gasteiger partial charge in [0.25, 0.3) is 0 Å². The van der Waals surface area contributed by atoms with Gasteiger partial charge in [0.2, 0.25) is 0 Å². The molecule has 1 N–H and O–H groups in total. The Bertz CT molecular complexity index is 380. The molecule has 2 heterocycles. The standard InChI is InChI=1S/C13H20N2O/c1-10-6-12(9-14-8-10)13(16)4-5-15(3)11(2)7-13/h6,8-9,11,16H,4-5,7H2,1-3H3. The number of aromatic nitrogens is 1. The fourth-order valence-corrected chi connectivity index (χ4v) is 2.40. The van der Waals surface area contributed by atoms with E-state index in [1.54, 1.807) is 6.20 Å². The van der Waals surface area contributed by atoms with Gasteiger partial charge in [0.05, 0.1) is 5.60 Å². The summed E-state index contributed by atoms with van der Waals surface area (Å²) in [4.78, 5) is 6.46. The summed E-state index contributed by atoms with van der Waals surface area (Å²) in [5.41, 5.74) is 1.38. The summed E-state index contributed by atoms with van der Waals surface area (Å²) < 4.78 is 0. The van der Waals surface area contributed by atoms with E-state index in [1.807, 2.05) is 19.2 Å². The molecule has 0 bridgehead atoms. The van der Waals surface area contributed by atoms with Crippen LogP contribution in [0.4, 0.5) is 0 Å². The Morgan fingerprint density at radius 2 is 2.25 bits per heavy atom. The van der Waals surface area contributed by atoms with Crippen LogP contribution in [0.25, 0.3) is 0 Å². The maximum absolute atomic E-state index is 10.7. The van der Waals surface area contributed by atoms with Crippen LogP contribution < -0.4 is 0 Å². The van der Waals surface area contributed by atoms with Gasteiger partial charge in [0.15, 0.2) is 0 Å². The molecule has 0 spiro atoms. The molecule has 0 amide bonds. The van der Waals surface area contributed by atoms with Crippen molar-refractivity contribution in [1.82, 2.24) is 9.88 Å². The highest BCUT2D eigenvalue weighted by Gasteiger charge is 2.36. The summed E-state index contributed by atoms with van der Waals surface area (Å²) >= 11 is 0. The molecule has 2 rings (SSSR count). The van der Waals surface area contributed by atoms with Crippen molar-refractivity contribution in [1.29, 1.82) is 0 Å². The van der Waals surface area contributed by atoms with E-state index in [-0.39, 0.29) is 0 Å². The first-order valence-corrected chi connectivity index (χ1v) is 5.86. The average Bonchev–Trinajstić information content (AvgIpc) is 2.24. The van der Waals surface area contributed by atoms with Gasteiger partial charge < -0.3 is 10.0 Å². The van der Waals surface area contributed by atoms with Crippen molar-refractivity contribution in [3.8, 4) is 0 Å². The van der Waals surface area contributed by atoms with Gasteiger partial charge in [-0.25, -0.2) is 0 Å². The Balaban J connectivity index is 2.26. The summed E-state index contributed by atoms with van der Waals surface area (Å²) in [5, 5.41) is 10.7. The molecule has 3 nitrogen and oxygen atoms in total. The van der Waals surface area contributed by atoms with Crippen molar-refractivity contribution in [2.75, 3.05) is 13.6 Å². The van der Waals surface area contributed by atoms with Crippen molar-refractivity contribution < 1.29 is 5.11 Å². The maximum atomic E-state index is 10.7. The molecule has 1 aromatic heterocycles. The zero-order valence-corrected chi connectivity index (χ0v) is 10.3. The van der Waals surface area contributed by atoms with Crippen molar-refractivity contribution >= 4 is 0 Å². The predicted molar refractivity (Wildman–Crippen MR) is 64.2 cm³/mol. The van der Waals surface area contributed by atoms with Crippen LogP contribution in [0.5, 0.6) is 0 Å². The van der Waals surface area contributed by atoms with Crippen LogP contribution in [-0.2, 0) is 5.60 Å². The zero-order valence-electron chi connectivity index (χ0n) is 10.3. The Morgan fingerprint density at radius 3 is 2.88 bits per heavy atom. The third kappa shape index (κ3) is 2.11. The summed E-state index contributed by atoms with van der Waals surface area (Å²) in [6.07, 6.45) is 5.20. The first-order chi connectivity index (χ1) is 7.51. The van der Waals surface area contributed by atoms with E-state index in [2.05, 4.69) is 23.9 Å². The lowest BCUT2D eigenvalue weighted by Gasteiger charge is -2.41. The normalized spacial score (nSPS) is 31.6. The van der Waals surface area contributed by atoms with E-state index < -0.39 is 5.60 Å². The molecular formula is C13H20N2O. The van der Waals surface area contributed by atoms with E-state index in [1.165, 1.54) is 0 Å². The number of aliphatic hydroxyl groups is 1. The molecule has 16 heavy (non-hydrogen) atoms. The van der Waals surface area contributed by atoms with Crippen LogP contribution in [0.1, 0.15) is 30.9 Å². The number of aryl methyl sites for hydroxylation is 1. The number of nitrogens with zero attached hydrogens (tertiary/aromatic N) is 2. The van der Waals surface area contributed by atoms with Gasteiger partial charge in [0.1, 0.15) is 0 Å².